The van der Waals surface area contributed by atoms with Crippen LogP contribution in [0.3, 0.4) is 0 Å². The maximum atomic E-state index is 12.9. The Morgan fingerprint density at radius 3 is 2.32 bits per heavy atom. The van der Waals surface area contributed by atoms with Crippen LogP contribution in [0.2, 0.25) is 0 Å². The fourth-order valence-electron chi connectivity index (χ4n) is 2.95. The van der Waals surface area contributed by atoms with E-state index in [1.54, 1.807) is 24.3 Å². The minimum Gasteiger partial charge on any atom is -0.467 e. The van der Waals surface area contributed by atoms with Crippen molar-refractivity contribution in [3.05, 3.63) is 71.8 Å². The van der Waals surface area contributed by atoms with E-state index in [1.807, 2.05) is 36.4 Å². The molecule has 0 unspecified atom stereocenters. The molecule has 2 atom stereocenters. The predicted molar refractivity (Wildman–Crippen MR) is 109 cm³/mol. The Balaban J connectivity index is 2.37. The van der Waals surface area contributed by atoms with Gasteiger partial charge in [-0.3, -0.25) is 0 Å². The monoisotopic (exact) mass is 380 g/mol. The molecule has 0 aromatic heterocycles. The van der Waals surface area contributed by atoms with Crippen molar-refractivity contribution in [3.63, 3.8) is 0 Å². The number of carbonyl (C=O) groups excluding carboxylic acids is 1. The number of esters is 1. The first-order valence-electron chi connectivity index (χ1n) is 9.63. The average Bonchev–Trinajstić information content (AvgIpc) is 2.75. The number of rotatable bonds is 9. The molecular weight excluding hydrogens is 352 g/mol. The molecule has 0 radical (unpaired) electrons. The molecule has 1 N–H and O–H groups in total. The molecule has 0 saturated heterocycles. The van der Waals surface area contributed by atoms with E-state index in [-0.39, 0.29) is 6.61 Å². The number of unbranched alkanes of at least 4 members (excludes halogenated alkanes) is 3. The molecule has 0 spiro atoms. The van der Waals surface area contributed by atoms with E-state index in [4.69, 9.17) is 9.47 Å². The van der Waals surface area contributed by atoms with E-state index in [1.165, 1.54) is 7.11 Å². The van der Waals surface area contributed by atoms with Crippen LogP contribution in [0.1, 0.15) is 43.7 Å². The largest absolute Gasteiger partial charge is 0.467 e. The molecule has 2 rings (SSSR count). The number of aliphatic hydroxyl groups excluding tert-OH is 1. The zero-order valence-corrected chi connectivity index (χ0v) is 16.6. The van der Waals surface area contributed by atoms with Crippen LogP contribution in [0.4, 0.5) is 0 Å². The van der Waals surface area contributed by atoms with E-state index >= 15 is 0 Å². The average molecular weight is 380 g/mol. The van der Waals surface area contributed by atoms with Gasteiger partial charge in [-0.15, -0.1) is 5.92 Å². The minimum atomic E-state index is -1.72. The van der Waals surface area contributed by atoms with Crippen molar-refractivity contribution in [2.45, 2.75) is 50.9 Å². The van der Waals surface area contributed by atoms with Crippen molar-refractivity contribution in [2.24, 2.45) is 0 Å². The number of ether oxygens (including phenoxy) is 2. The molecule has 2 aromatic carbocycles. The smallest absolute Gasteiger partial charge is 0.346 e. The van der Waals surface area contributed by atoms with Crippen molar-refractivity contribution in [2.75, 3.05) is 7.11 Å². The molecule has 0 aliphatic rings. The van der Waals surface area contributed by atoms with Crippen LogP contribution in [0, 0.1) is 11.8 Å². The van der Waals surface area contributed by atoms with Gasteiger partial charge in [0.1, 0.15) is 0 Å². The zero-order chi connectivity index (χ0) is 20.2. The second-order valence-corrected chi connectivity index (χ2v) is 6.55. The lowest BCUT2D eigenvalue weighted by atomic mass is 9.87. The quantitative estimate of drug-likeness (QED) is 0.402. The molecular formula is C24H28O4. The van der Waals surface area contributed by atoms with E-state index < -0.39 is 17.7 Å². The molecule has 0 fully saturated rings. The molecule has 0 amide bonds. The maximum Gasteiger partial charge on any atom is 0.346 e. The van der Waals surface area contributed by atoms with E-state index in [0.717, 1.165) is 24.8 Å². The Kier molecular flexibility index (Phi) is 8.74. The Morgan fingerprint density at radius 2 is 1.71 bits per heavy atom. The van der Waals surface area contributed by atoms with Crippen molar-refractivity contribution >= 4 is 5.97 Å². The van der Waals surface area contributed by atoms with Crippen molar-refractivity contribution in [1.82, 2.24) is 0 Å². The van der Waals surface area contributed by atoms with Crippen LogP contribution in [-0.2, 0) is 26.5 Å². The highest BCUT2D eigenvalue weighted by molar-refractivity contribution is 5.83. The van der Waals surface area contributed by atoms with Crippen molar-refractivity contribution < 1.29 is 19.4 Å². The summed E-state index contributed by atoms with van der Waals surface area (Å²) in [4.78, 5) is 12.9. The third-order valence-corrected chi connectivity index (χ3v) is 4.53. The lowest BCUT2D eigenvalue weighted by molar-refractivity contribution is -0.187. The maximum absolute atomic E-state index is 12.9. The van der Waals surface area contributed by atoms with Crippen LogP contribution >= 0.6 is 0 Å². The molecule has 0 bridgehead atoms. The SMILES string of the molecule is CCCCCC#C[C@@H](O)[C@@](OCc1ccccc1)(C(=O)OC)c1ccccc1. The van der Waals surface area contributed by atoms with Gasteiger partial charge in [0, 0.05) is 6.42 Å². The minimum absolute atomic E-state index is 0.138. The first kappa shape index (κ1) is 21.7. The first-order valence-corrected chi connectivity index (χ1v) is 9.63. The first-order chi connectivity index (χ1) is 13.6. The lowest BCUT2D eigenvalue weighted by Gasteiger charge is -2.33. The summed E-state index contributed by atoms with van der Waals surface area (Å²) >= 11 is 0. The van der Waals surface area contributed by atoms with E-state index in [9.17, 15) is 9.90 Å². The Hall–Kier alpha value is -2.61. The van der Waals surface area contributed by atoms with Crippen LogP contribution in [0.15, 0.2) is 60.7 Å². The molecule has 4 heteroatoms. The zero-order valence-electron chi connectivity index (χ0n) is 16.6. The summed E-state index contributed by atoms with van der Waals surface area (Å²) in [6.07, 6.45) is 2.44. The van der Waals surface area contributed by atoms with Gasteiger partial charge < -0.3 is 14.6 Å². The van der Waals surface area contributed by atoms with Gasteiger partial charge in [0.05, 0.1) is 13.7 Å². The summed E-state index contributed by atoms with van der Waals surface area (Å²) < 4.78 is 11.1. The van der Waals surface area contributed by atoms with Gasteiger partial charge >= 0.3 is 5.97 Å². The third kappa shape index (κ3) is 5.45. The van der Waals surface area contributed by atoms with Crippen molar-refractivity contribution in [1.29, 1.82) is 0 Å². The van der Waals surface area contributed by atoms with Crippen LogP contribution < -0.4 is 0 Å². The second kappa shape index (κ2) is 11.3. The summed E-state index contributed by atoms with van der Waals surface area (Å²) in [5.41, 5.74) is -0.327. The summed E-state index contributed by atoms with van der Waals surface area (Å²) in [6, 6.07) is 18.4. The van der Waals surface area contributed by atoms with Gasteiger partial charge in [0.2, 0.25) is 5.60 Å². The standard InChI is InChI=1S/C24H28O4/c1-3-4-5-6-13-18-22(25)24(23(26)27-2,21-16-11-8-12-17-21)28-19-20-14-9-7-10-15-20/h7-12,14-17,22,25H,3-6,19H2,1-2H3/t22-,24-/m1/s1. The molecule has 28 heavy (non-hydrogen) atoms. The highest BCUT2D eigenvalue weighted by Crippen LogP contribution is 2.32. The fourth-order valence-corrected chi connectivity index (χ4v) is 2.95. The number of carbonyl (C=O) groups is 1. The van der Waals surface area contributed by atoms with E-state index in [0.29, 0.717) is 12.0 Å². The molecule has 148 valence electrons. The van der Waals surface area contributed by atoms with Crippen LogP contribution in [-0.4, -0.2) is 24.3 Å². The van der Waals surface area contributed by atoms with Gasteiger partial charge in [0.15, 0.2) is 6.10 Å². The third-order valence-electron chi connectivity index (χ3n) is 4.53. The number of aliphatic hydroxyl groups is 1. The molecule has 0 saturated carbocycles. The topological polar surface area (TPSA) is 55.8 Å². The van der Waals surface area contributed by atoms with Crippen LogP contribution in [0.5, 0.6) is 0 Å². The summed E-state index contributed by atoms with van der Waals surface area (Å²) in [5, 5.41) is 10.9. The number of methoxy groups -OCH3 is 1. The normalized spacial score (nSPS) is 13.7. The van der Waals surface area contributed by atoms with Gasteiger partial charge in [-0.05, 0) is 17.5 Å². The van der Waals surface area contributed by atoms with Crippen molar-refractivity contribution in [3.8, 4) is 11.8 Å². The van der Waals surface area contributed by atoms with Gasteiger partial charge in [-0.25, -0.2) is 4.79 Å². The lowest BCUT2D eigenvalue weighted by Crippen LogP contribution is -2.49. The van der Waals surface area contributed by atoms with E-state index in [2.05, 4.69) is 18.8 Å². The van der Waals surface area contributed by atoms with Gasteiger partial charge in [-0.1, -0.05) is 86.3 Å². The van der Waals surface area contributed by atoms with Crippen LogP contribution in [0.25, 0.3) is 0 Å². The summed E-state index contributed by atoms with van der Waals surface area (Å²) in [7, 11) is 1.29. The molecule has 2 aromatic rings. The highest BCUT2D eigenvalue weighted by Gasteiger charge is 2.49. The highest BCUT2D eigenvalue weighted by atomic mass is 16.6. The molecule has 0 aliphatic heterocycles. The Labute approximate surface area is 167 Å². The second-order valence-electron chi connectivity index (χ2n) is 6.55. The fraction of sp³-hybridized carbons (Fsp3) is 0.375. The number of hydrogen-bond acceptors (Lipinski definition) is 4. The molecule has 4 nitrogen and oxygen atoms in total. The Morgan fingerprint density at radius 1 is 1.07 bits per heavy atom. The van der Waals surface area contributed by atoms with Gasteiger partial charge in [-0.2, -0.15) is 0 Å². The molecule has 0 heterocycles. The number of benzene rings is 2. The number of hydrogen-bond donors (Lipinski definition) is 1. The summed E-state index contributed by atoms with van der Waals surface area (Å²) in [6.45, 7) is 2.26. The Bertz CT molecular complexity index is 777. The molecule has 0 aliphatic carbocycles. The predicted octanol–water partition coefficient (Wildman–Crippen LogP) is 4.22. The summed E-state index contributed by atoms with van der Waals surface area (Å²) in [5.74, 6) is 5.12. The van der Waals surface area contributed by atoms with Gasteiger partial charge in [0.25, 0.3) is 0 Å².